The lowest BCUT2D eigenvalue weighted by Crippen LogP contribution is -2.15. The number of benzene rings is 1. The molecule has 2 N–H and O–H groups in total. The maximum Gasteiger partial charge on any atom is 0.292 e. The van der Waals surface area contributed by atoms with Crippen LogP contribution in [0.3, 0.4) is 0 Å². The van der Waals surface area contributed by atoms with Gasteiger partial charge in [-0.1, -0.05) is 17.4 Å². The third-order valence-corrected chi connectivity index (χ3v) is 5.98. The van der Waals surface area contributed by atoms with Crippen molar-refractivity contribution in [3.8, 4) is 15.6 Å². The van der Waals surface area contributed by atoms with Gasteiger partial charge in [0.25, 0.3) is 11.2 Å². The van der Waals surface area contributed by atoms with Crippen molar-refractivity contribution in [1.29, 1.82) is 0 Å². The van der Waals surface area contributed by atoms with Gasteiger partial charge < -0.3 is 19.8 Å². The zero-order chi connectivity index (χ0) is 20.8. The van der Waals surface area contributed by atoms with E-state index in [0.717, 1.165) is 33.9 Å². The van der Waals surface area contributed by atoms with Crippen molar-refractivity contribution < 1.29 is 13.9 Å². The fourth-order valence-corrected chi connectivity index (χ4v) is 4.13. The molecule has 0 atom stereocenters. The lowest BCUT2D eigenvalue weighted by Gasteiger charge is -2.09. The molecule has 3 aromatic rings. The second kappa shape index (κ2) is 9.91. The van der Waals surface area contributed by atoms with Crippen LogP contribution in [-0.2, 0) is 6.42 Å². The van der Waals surface area contributed by atoms with Crippen LogP contribution in [0.5, 0.6) is 5.19 Å². The molecule has 0 saturated carbocycles. The zero-order valence-electron chi connectivity index (χ0n) is 16.7. The van der Waals surface area contributed by atoms with Crippen LogP contribution < -0.4 is 10.5 Å². The first kappa shape index (κ1) is 21.4. The fraction of sp³-hybridized carbons (Fsp3) is 0.350. The smallest absolute Gasteiger partial charge is 0.292 e. The van der Waals surface area contributed by atoms with E-state index in [2.05, 4.69) is 14.9 Å². The fourth-order valence-electron chi connectivity index (χ4n) is 2.75. The minimum atomic E-state index is -0.132. The molecule has 9 heteroatoms. The number of Topliss-reactive ketones (excluding diaryl/α,β-unsaturated/α-hetero) is 1. The molecule has 2 heterocycles. The first-order chi connectivity index (χ1) is 14.0. The minimum Gasteiger partial charge on any atom is -0.470 e. The summed E-state index contributed by atoms with van der Waals surface area (Å²) >= 11 is 3.10. The van der Waals surface area contributed by atoms with Crippen LogP contribution in [0.25, 0.3) is 10.4 Å². The SMILES string of the molecule is CSc1ccc(-c2cnc(OCCCN(C)C)s2)cc1CC(=O)c1coc(N)n1. The number of ketones is 1. The van der Waals surface area contributed by atoms with E-state index in [-0.39, 0.29) is 23.9 Å². The first-order valence-corrected chi connectivity index (χ1v) is 11.1. The van der Waals surface area contributed by atoms with Gasteiger partial charge in [-0.2, -0.15) is 4.98 Å². The Balaban J connectivity index is 1.72. The Bertz CT molecular complexity index is 968. The number of nitrogen functional groups attached to an aromatic ring is 1. The summed E-state index contributed by atoms with van der Waals surface area (Å²) in [6.45, 7) is 1.61. The van der Waals surface area contributed by atoms with Gasteiger partial charge in [-0.05, 0) is 50.0 Å². The highest BCUT2D eigenvalue weighted by atomic mass is 32.2. The van der Waals surface area contributed by atoms with Gasteiger partial charge >= 0.3 is 0 Å². The van der Waals surface area contributed by atoms with Gasteiger partial charge in [-0.15, -0.1) is 11.8 Å². The van der Waals surface area contributed by atoms with Crippen LogP contribution in [0, 0.1) is 0 Å². The Kier molecular flexibility index (Phi) is 7.29. The summed E-state index contributed by atoms with van der Waals surface area (Å²) in [7, 11) is 4.08. The lowest BCUT2D eigenvalue weighted by atomic mass is 10.0. The van der Waals surface area contributed by atoms with E-state index < -0.39 is 0 Å². The maximum atomic E-state index is 12.5. The monoisotopic (exact) mass is 432 g/mol. The molecule has 29 heavy (non-hydrogen) atoms. The van der Waals surface area contributed by atoms with Crippen molar-refractivity contribution in [3.05, 3.63) is 41.9 Å². The summed E-state index contributed by atoms with van der Waals surface area (Å²) in [5.74, 6) is -0.132. The second-order valence-corrected chi connectivity index (χ2v) is 8.53. The van der Waals surface area contributed by atoms with E-state index in [1.54, 1.807) is 11.8 Å². The van der Waals surface area contributed by atoms with Crippen molar-refractivity contribution in [1.82, 2.24) is 14.9 Å². The number of rotatable bonds is 10. The van der Waals surface area contributed by atoms with E-state index in [9.17, 15) is 4.79 Å². The molecule has 0 amide bonds. The minimum absolute atomic E-state index is 0.00467. The van der Waals surface area contributed by atoms with Gasteiger partial charge in [-0.3, -0.25) is 4.79 Å². The molecule has 0 spiro atoms. The maximum absolute atomic E-state index is 12.5. The van der Waals surface area contributed by atoms with Gasteiger partial charge in [-0.25, -0.2) is 4.98 Å². The van der Waals surface area contributed by atoms with Crippen molar-refractivity contribution >= 4 is 34.9 Å². The van der Waals surface area contributed by atoms with Crippen LogP contribution >= 0.6 is 23.1 Å². The molecule has 0 fully saturated rings. The highest BCUT2D eigenvalue weighted by Gasteiger charge is 2.16. The standard InChI is InChI=1S/C20H24N4O3S2/c1-24(2)7-4-8-26-20-22-11-18(29-20)13-5-6-17(28-3)14(9-13)10-16(25)15-12-27-19(21)23-15/h5-6,9,11-12H,4,7-8,10H2,1-3H3,(H2,21,23). The number of carbonyl (C=O) groups is 1. The Hall–Kier alpha value is -2.36. The molecule has 7 nitrogen and oxygen atoms in total. The summed E-state index contributed by atoms with van der Waals surface area (Å²) in [4.78, 5) is 25.0. The molecule has 0 aliphatic rings. The Morgan fingerprint density at radius 3 is 2.90 bits per heavy atom. The van der Waals surface area contributed by atoms with Crippen LogP contribution in [0.15, 0.2) is 40.0 Å². The predicted octanol–water partition coefficient (Wildman–Crippen LogP) is 3.86. The molecule has 1 aromatic carbocycles. The summed E-state index contributed by atoms with van der Waals surface area (Å²) < 4.78 is 10.7. The highest BCUT2D eigenvalue weighted by Crippen LogP contribution is 2.33. The molecular formula is C20H24N4O3S2. The molecule has 0 aliphatic carbocycles. The van der Waals surface area contributed by atoms with Gasteiger partial charge in [0.05, 0.1) is 11.5 Å². The van der Waals surface area contributed by atoms with Crippen LogP contribution in [-0.4, -0.2) is 54.2 Å². The van der Waals surface area contributed by atoms with Gasteiger partial charge in [0.2, 0.25) is 0 Å². The highest BCUT2D eigenvalue weighted by molar-refractivity contribution is 7.98. The lowest BCUT2D eigenvalue weighted by molar-refractivity contribution is 0.0987. The van der Waals surface area contributed by atoms with Crippen molar-refractivity contribution in [2.24, 2.45) is 0 Å². The first-order valence-electron chi connectivity index (χ1n) is 9.11. The third kappa shape index (κ3) is 5.81. The second-order valence-electron chi connectivity index (χ2n) is 6.69. The molecular weight excluding hydrogens is 408 g/mol. The number of aromatic nitrogens is 2. The zero-order valence-corrected chi connectivity index (χ0v) is 18.3. The van der Waals surface area contributed by atoms with E-state index in [1.807, 2.05) is 44.7 Å². The van der Waals surface area contributed by atoms with E-state index >= 15 is 0 Å². The molecule has 154 valence electrons. The van der Waals surface area contributed by atoms with E-state index in [1.165, 1.54) is 17.6 Å². The summed E-state index contributed by atoms with van der Waals surface area (Å²) in [5, 5.41) is 0.656. The number of thiazole rings is 1. The number of anilines is 1. The summed E-state index contributed by atoms with van der Waals surface area (Å²) in [6, 6.07) is 6.08. The van der Waals surface area contributed by atoms with E-state index in [0.29, 0.717) is 11.8 Å². The number of ether oxygens (including phenoxy) is 1. The van der Waals surface area contributed by atoms with Crippen molar-refractivity contribution in [3.63, 3.8) is 0 Å². The van der Waals surface area contributed by atoms with Crippen LogP contribution in [0.2, 0.25) is 0 Å². The normalized spacial score (nSPS) is 11.2. The number of carbonyl (C=O) groups excluding carboxylic acids is 1. The average molecular weight is 433 g/mol. The van der Waals surface area contributed by atoms with E-state index in [4.69, 9.17) is 14.9 Å². The Labute approximate surface area is 178 Å². The molecule has 0 saturated heterocycles. The van der Waals surface area contributed by atoms with Gasteiger partial charge in [0, 0.05) is 24.1 Å². The molecule has 3 rings (SSSR count). The number of nitrogens with zero attached hydrogens (tertiary/aromatic N) is 3. The van der Waals surface area contributed by atoms with Crippen LogP contribution in [0.4, 0.5) is 6.01 Å². The Morgan fingerprint density at radius 2 is 2.21 bits per heavy atom. The molecule has 0 unspecified atom stereocenters. The van der Waals surface area contributed by atoms with Crippen molar-refractivity contribution in [2.75, 3.05) is 39.2 Å². The van der Waals surface area contributed by atoms with Gasteiger partial charge in [0.15, 0.2) is 5.78 Å². The van der Waals surface area contributed by atoms with Gasteiger partial charge in [0.1, 0.15) is 12.0 Å². The molecule has 0 radical (unpaired) electrons. The summed E-state index contributed by atoms with van der Waals surface area (Å²) in [5.41, 5.74) is 7.65. The molecule has 2 aromatic heterocycles. The molecule has 0 bridgehead atoms. The number of hydrogen-bond acceptors (Lipinski definition) is 9. The Morgan fingerprint density at radius 1 is 1.38 bits per heavy atom. The average Bonchev–Trinajstić information content (AvgIpc) is 3.34. The summed E-state index contributed by atoms with van der Waals surface area (Å²) in [6.07, 6.45) is 6.27. The number of oxazole rings is 1. The predicted molar refractivity (Wildman–Crippen MR) is 117 cm³/mol. The number of thioether (sulfide) groups is 1. The largest absolute Gasteiger partial charge is 0.470 e. The number of hydrogen-bond donors (Lipinski definition) is 1. The quantitative estimate of drug-likeness (QED) is 0.293. The number of nitrogens with two attached hydrogens (primary N) is 1. The topological polar surface area (TPSA) is 94.5 Å². The van der Waals surface area contributed by atoms with Crippen LogP contribution in [0.1, 0.15) is 22.5 Å². The molecule has 0 aliphatic heterocycles. The van der Waals surface area contributed by atoms with Crippen molar-refractivity contribution in [2.45, 2.75) is 17.7 Å². The third-order valence-electron chi connectivity index (χ3n) is 4.18.